The van der Waals surface area contributed by atoms with E-state index in [-0.39, 0.29) is 22.3 Å². The van der Waals surface area contributed by atoms with Crippen LogP contribution in [0.5, 0.6) is 0 Å². The average molecular weight is 498 g/mol. The monoisotopic (exact) mass is 497 g/mol. The fourth-order valence-corrected chi connectivity index (χ4v) is 7.51. The third-order valence-corrected chi connectivity index (χ3v) is 8.89. The maximum absolute atomic E-state index is 13.0. The molecule has 0 unspecified atom stereocenters. The zero-order chi connectivity index (χ0) is 21.6. The fraction of sp³-hybridized carbons (Fsp3) is 0.400. The Hall–Kier alpha value is -1.52. The van der Waals surface area contributed by atoms with E-state index in [4.69, 9.17) is 23.2 Å². The first-order valence-electron chi connectivity index (χ1n) is 10.1. The van der Waals surface area contributed by atoms with Gasteiger partial charge in [0.25, 0.3) is 10.0 Å². The van der Waals surface area contributed by atoms with E-state index in [2.05, 4.69) is 20.0 Å². The topological polar surface area (TPSA) is 88.9 Å². The molecule has 1 aliphatic carbocycles. The van der Waals surface area contributed by atoms with Gasteiger partial charge < -0.3 is 9.88 Å². The van der Waals surface area contributed by atoms with Gasteiger partial charge in [0.05, 0.1) is 5.52 Å². The lowest BCUT2D eigenvalue weighted by molar-refractivity contribution is 0.386. The van der Waals surface area contributed by atoms with Crippen LogP contribution in [0.4, 0.5) is 5.69 Å². The van der Waals surface area contributed by atoms with Crippen LogP contribution < -0.4 is 10.0 Å². The van der Waals surface area contributed by atoms with Crippen LogP contribution in [-0.2, 0) is 16.6 Å². The maximum Gasteiger partial charge on any atom is 0.259 e. The number of anilines is 1. The standard InChI is InChI=1S/C20H21Cl2N5O2S2/c21-12-1-6-15-16(7-8-23-17(15)11-12)24-13-2-4-14(5-3-13)26-31(28,29)19-18(22)25-20-27(19)9-10-30-20/h1,6-8,11,13-14,26H,2-5,9-10H2,(H,23,24). The SMILES string of the molecule is O=S(=O)(NC1CCC(Nc2ccnc3cc(Cl)ccc23)CC1)c1c(Cl)nc2n1CCS2. The van der Waals surface area contributed by atoms with E-state index in [1.807, 2.05) is 24.3 Å². The summed E-state index contributed by atoms with van der Waals surface area (Å²) in [5.74, 6) is 0.814. The number of nitrogens with one attached hydrogen (secondary N) is 2. The van der Waals surface area contributed by atoms with Crippen molar-refractivity contribution in [1.29, 1.82) is 0 Å². The first kappa shape index (κ1) is 21.3. The zero-order valence-corrected chi connectivity index (χ0v) is 19.7. The summed E-state index contributed by atoms with van der Waals surface area (Å²) >= 11 is 13.7. The Balaban J connectivity index is 1.24. The van der Waals surface area contributed by atoms with Gasteiger partial charge >= 0.3 is 0 Å². The lowest BCUT2D eigenvalue weighted by Gasteiger charge is -2.30. The smallest absolute Gasteiger partial charge is 0.259 e. The van der Waals surface area contributed by atoms with Crippen molar-refractivity contribution in [1.82, 2.24) is 19.3 Å². The Morgan fingerprint density at radius 3 is 2.68 bits per heavy atom. The molecule has 2 aliphatic rings. The average Bonchev–Trinajstić information content (AvgIpc) is 3.29. The summed E-state index contributed by atoms with van der Waals surface area (Å²) < 4.78 is 30.5. The molecule has 0 spiro atoms. The van der Waals surface area contributed by atoms with Crippen LogP contribution in [0.3, 0.4) is 0 Å². The minimum absolute atomic E-state index is 0.0507. The first-order valence-corrected chi connectivity index (χ1v) is 13.3. The van der Waals surface area contributed by atoms with E-state index in [0.717, 1.165) is 48.0 Å². The van der Waals surface area contributed by atoms with Crippen molar-refractivity contribution in [2.45, 2.75) is 54.5 Å². The molecule has 7 nitrogen and oxygen atoms in total. The van der Waals surface area contributed by atoms with Gasteiger partial charge in [0.1, 0.15) is 0 Å². The molecule has 1 aromatic carbocycles. The second-order valence-corrected chi connectivity index (χ2v) is 11.3. The molecular formula is C20H21Cl2N5O2S2. The van der Waals surface area contributed by atoms with E-state index < -0.39 is 10.0 Å². The molecule has 0 atom stereocenters. The number of halogens is 2. The summed E-state index contributed by atoms with van der Waals surface area (Å²) in [5.41, 5.74) is 1.87. The molecule has 3 aromatic rings. The van der Waals surface area contributed by atoms with Gasteiger partial charge in [-0.1, -0.05) is 35.0 Å². The molecule has 5 rings (SSSR count). The normalized spacial score (nSPS) is 21.4. The highest BCUT2D eigenvalue weighted by molar-refractivity contribution is 7.99. The van der Waals surface area contributed by atoms with Gasteiger partial charge in [-0.2, -0.15) is 0 Å². The maximum atomic E-state index is 13.0. The number of fused-ring (bicyclic) bond motifs is 2. The Morgan fingerprint density at radius 2 is 1.87 bits per heavy atom. The minimum atomic E-state index is -3.72. The molecule has 2 aromatic heterocycles. The predicted molar refractivity (Wildman–Crippen MR) is 125 cm³/mol. The number of hydrogen-bond acceptors (Lipinski definition) is 6. The fourth-order valence-electron chi connectivity index (χ4n) is 4.28. The van der Waals surface area contributed by atoms with E-state index in [1.54, 1.807) is 10.8 Å². The number of imidazole rings is 1. The highest BCUT2D eigenvalue weighted by atomic mass is 35.5. The Bertz CT molecular complexity index is 1240. The molecule has 0 saturated heterocycles. The van der Waals surface area contributed by atoms with Gasteiger partial charge in [0, 0.05) is 46.7 Å². The zero-order valence-electron chi connectivity index (χ0n) is 16.5. The molecule has 31 heavy (non-hydrogen) atoms. The van der Waals surface area contributed by atoms with Gasteiger partial charge in [-0.15, -0.1) is 0 Å². The molecule has 0 amide bonds. The summed E-state index contributed by atoms with van der Waals surface area (Å²) in [6.45, 7) is 0.609. The van der Waals surface area contributed by atoms with E-state index in [9.17, 15) is 8.42 Å². The van der Waals surface area contributed by atoms with Gasteiger partial charge in [0.15, 0.2) is 15.3 Å². The molecule has 164 valence electrons. The molecular weight excluding hydrogens is 477 g/mol. The molecule has 1 aliphatic heterocycles. The molecule has 11 heteroatoms. The Kier molecular flexibility index (Phi) is 5.81. The van der Waals surface area contributed by atoms with E-state index in [0.29, 0.717) is 16.7 Å². The van der Waals surface area contributed by atoms with Crippen molar-refractivity contribution in [2.75, 3.05) is 11.1 Å². The molecule has 1 fully saturated rings. The number of aromatic nitrogens is 3. The van der Waals surface area contributed by atoms with Crippen molar-refractivity contribution in [3.63, 3.8) is 0 Å². The van der Waals surface area contributed by atoms with Crippen LogP contribution in [0.15, 0.2) is 40.6 Å². The molecule has 2 N–H and O–H groups in total. The lowest BCUT2D eigenvalue weighted by Crippen LogP contribution is -2.40. The van der Waals surface area contributed by atoms with Crippen molar-refractivity contribution in [2.24, 2.45) is 0 Å². The number of rotatable bonds is 5. The third-order valence-electron chi connectivity index (χ3n) is 5.76. The summed E-state index contributed by atoms with van der Waals surface area (Å²) in [4.78, 5) is 8.57. The van der Waals surface area contributed by atoms with Gasteiger partial charge in [0.2, 0.25) is 0 Å². The number of nitrogens with zero attached hydrogens (tertiary/aromatic N) is 3. The van der Waals surface area contributed by atoms with Crippen LogP contribution in [0.2, 0.25) is 10.2 Å². The number of pyridine rings is 1. The number of sulfonamides is 1. The summed E-state index contributed by atoms with van der Waals surface area (Å²) in [7, 11) is -3.72. The summed E-state index contributed by atoms with van der Waals surface area (Å²) in [6.07, 6.45) is 4.99. The van der Waals surface area contributed by atoms with Crippen LogP contribution in [0.25, 0.3) is 10.9 Å². The molecule has 1 saturated carbocycles. The molecule has 3 heterocycles. The number of thioether (sulfide) groups is 1. The van der Waals surface area contributed by atoms with Crippen LogP contribution in [0, 0.1) is 0 Å². The molecule has 0 radical (unpaired) electrons. The van der Waals surface area contributed by atoms with Gasteiger partial charge in [-0.25, -0.2) is 18.1 Å². The number of benzene rings is 1. The first-order chi connectivity index (χ1) is 14.9. The van der Waals surface area contributed by atoms with E-state index in [1.165, 1.54) is 11.8 Å². The Labute approximate surface area is 195 Å². The predicted octanol–water partition coefficient (Wildman–Crippen LogP) is 4.55. The third kappa shape index (κ3) is 4.26. The van der Waals surface area contributed by atoms with Crippen LogP contribution >= 0.6 is 35.0 Å². The van der Waals surface area contributed by atoms with Crippen LogP contribution in [0.1, 0.15) is 25.7 Å². The van der Waals surface area contributed by atoms with Crippen molar-refractivity contribution >= 4 is 61.6 Å². The largest absolute Gasteiger partial charge is 0.382 e. The molecule has 0 bridgehead atoms. The van der Waals surface area contributed by atoms with Crippen LogP contribution in [-0.4, -0.2) is 40.8 Å². The van der Waals surface area contributed by atoms with Crippen molar-refractivity contribution < 1.29 is 8.42 Å². The van der Waals surface area contributed by atoms with Gasteiger partial charge in [-0.3, -0.25) is 4.98 Å². The van der Waals surface area contributed by atoms with Crippen molar-refractivity contribution in [3.05, 3.63) is 40.6 Å². The summed E-state index contributed by atoms with van der Waals surface area (Å²) in [6, 6.07) is 7.79. The number of hydrogen-bond donors (Lipinski definition) is 2. The second kappa shape index (κ2) is 8.44. The van der Waals surface area contributed by atoms with E-state index >= 15 is 0 Å². The highest BCUT2D eigenvalue weighted by Crippen LogP contribution is 2.34. The Morgan fingerprint density at radius 1 is 1.10 bits per heavy atom. The van der Waals surface area contributed by atoms with Gasteiger partial charge in [-0.05, 0) is 49.9 Å². The highest BCUT2D eigenvalue weighted by Gasteiger charge is 2.33. The lowest BCUT2D eigenvalue weighted by atomic mass is 9.91. The summed E-state index contributed by atoms with van der Waals surface area (Å²) in [5, 5.41) is 6.10. The minimum Gasteiger partial charge on any atom is -0.382 e. The quantitative estimate of drug-likeness (QED) is 0.537. The van der Waals surface area contributed by atoms with Crippen molar-refractivity contribution in [3.8, 4) is 0 Å². The second-order valence-electron chi connectivity index (χ2n) is 7.82.